The Kier molecular flexibility index (Phi) is 3.00. The first kappa shape index (κ1) is 10.8. The van der Waals surface area contributed by atoms with Crippen LogP contribution in [0.1, 0.15) is 31.2 Å². The van der Waals surface area contributed by atoms with E-state index in [1.165, 1.54) is 0 Å². The van der Waals surface area contributed by atoms with Gasteiger partial charge < -0.3 is 0 Å². The van der Waals surface area contributed by atoms with E-state index in [0.717, 1.165) is 22.6 Å². The number of benzene rings is 1. The second kappa shape index (κ2) is 4.44. The van der Waals surface area contributed by atoms with Gasteiger partial charge in [-0.25, -0.2) is 0 Å². The summed E-state index contributed by atoms with van der Waals surface area (Å²) in [5.41, 5.74) is 4.15. The Morgan fingerprint density at radius 2 is 1.75 bits per heavy atom. The van der Waals surface area contributed by atoms with Crippen molar-refractivity contribution in [3.8, 4) is 11.3 Å². The number of hydrogen-bond acceptors (Lipinski definition) is 2. The van der Waals surface area contributed by atoms with E-state index in [-0.39, 0.29) is 0 Å². The summed E-state index contributed by atoms with van der Waals surface area (Å²) in [7, 11) is 0. The average molecular weight is 212 g/mol. The van der Waals surface area contributed by atoms with Crippen molar-refractivity contribution in [2.45, 2.75) is 26.7 Å². The van der Waals surface area contributed by atoms with Crippen molar-refractivity contribution >= 4 is 0 Å². The molecule has 2 aromatic rings. The summed E-state index contributed by atoms with van der Waals surface area (Å²) in [5.74, 6) is 0.427. The van der Waals surface area contributed by atoms with E-state index < -0.39 is 0 Å². The van der Waals surface area contributed by atoms with Crippen molar-refractivity contribution in [3.05, 3.63) is 47.9 Å². The molecule has 0 atom stereocenters. The zero-order valence-corrected chi connectivity index (χ0v) is 9.94. The molecule has 0 fully saturated rings. The van der Waals surface area contributed by atoms with Crippen molar-refractivity contribution in [2.75, 3.05) is 0 Å². The lowest BCUT2D eigenvalue weighted by Crippen LogP contribution is -1.99. The van der Waals surface area contributed by atoms with Crippen LogP contribution in [0.25, 0.3) is 11.3 Å². The minimum Gasteiger partial charge on any atom is -0.254 e. The molecule has 2 nitrogen and oxygen atoms in total. The molecule has 0 saturated heterocycles. The van der Waals surface area contributed by atoms with Crippen LogP contribution in [0.4, 0.5) is 0 Å². The smallest absolute Gasteiger partial charge is 0.0914 e. The molecule has 2 rings (SSSR count). The summed E-state index contributed by atoms with van der Waals surface area (Å²) >= 11 is 0. The maximum Gasteiger partial charge on any atom is 0.0914 e. The average Bonchev–Trinajstić information content (AvgIpc) is 2.30. The molecular formula is C14H16N2. The third-order valence-electron chi connectivity index (χ3n) is 2.60. The maximum atomic E-state index is 4.59. The first-order valence-corrected chi connectivity index (χ1v) is 5.57. The van der Waals surface area contributed by atoms with Gasteiger partial charge in [0, 0.05) is 11.8 Å². The van der Waals surface area contributed by atoms with Gasteiger partial charge in [-0.1, -0.05) is 44.2 Å². The molecule has 0 saturated carbocycles. The summed E-state index contributed by atoms with van der Waals surface area (Å²) in [6.45, 7) is 6.28. The standard InChI is InChI=1S/C14H16N2/c1-10(2)13-9-15-14(11(3)16-13)12-7-5-4-6-8-12/h4-10H,1-3H3. The highest BCUT2D eigenvalue weighted by Gasteiger charge is 2.07. The molecule has 0 aliphatic rings. The van der Waals surface area contributed by atoms with Crippen LogP contribution in [-0.2, 0) is 0 Å². The Morgan fingerprint density at radius 3 is 2.31 bits per heavy atom. The van der Waals surface area contributed by atoms with Gasteiger partial charge in [-0.05, 0) is 12.8 Å². The van der Waals surface area contributed by atoms with Gasteiger partial charge >= 0.3 is 0 Å². The van der Waals surface area contributed by atoms with Gasteiger partial charge in [0.25, 0.3) is 0 Å². The van der Waals surface area contributed by atoms with Crippen LogP contribution < -0.4 is 0 Å². The number of nitrogens with zero attached hydrogens (tertiary/aromatic N) is 2. The van der Waals surface area contributed by atoms with E-state index in [2.05, 4.69) is 35.9 Å². The highest BCUT2D eigenvalue weighted by atomic mass is 14.8. The monoisotopic (exact) mass is 212 g/mol. The molecule has 16 heavy (non-hydrogen) atoms. The van der Waals surface area contributed by atoms with Gasteiger partial charge in [0.2, 0.25) is 0 Å². The summed E-state index contributed by atoms with van der Waals surface area (Å²) < 4.78 is 0. The van der Waals surface area contributed by atoms with E-state index in [1.807, 2.05) is 31.3 Å². The minimum absolute atomic E-state index is 0.427. The lowest BCUT2D eigenvalue weighted by atomic mass is 10.1. The highest BCUT2D eigenvalue weighted by molar-refractivity contribution is 5.60. The molecule has 1 heterocycles. The molecule has 0 radical (unpaired) electrons. The Labute approximate surface area is 96.4 Å². The molecule has 0 amide bonds. The fourth-order valence-corrected chi connectivity index (χ4v) is 1.66. The van der Waals surface area contributed by atoms with Gasteiger partial charge in [-0.2, -0.15) is 0 Å². The summed E-state index contributed by atoms with van der Waals surface area (Å²) in [5, 5.41) is 0. The fourth-order valence-electron chi connectivity index (χ4n) is 1.66. The first-order chi connectivity index (χ1) is 7.68. The van der Waals surface area contributed by atoms with Gasteiger partial charge in [0.05, 0.1) is 17.1 Å². The Balaban J connectivity index is 2.45. The van der Waals surface area contributed by atoms with E-state index >= 15 is 0 Å². The third kappa shape index (κ3) is 2.11. The van der Waals surface area contributed by atoms with E-state index in [1.54, 1.807) is 0 Å². The second-order valence-corrected chi connectivity index (χ2v) is 4.25. The van der Waals surface area contributed by atoms with Crippen LogP contribution in [0.3, 0.4) is 0 Å². The van der Waals surface area contributed by atoms with E-state index in [4.69, 9.17) is 0 Å². The van der Waals surface area contributed by atoms with Gasteiger partial charge in [-0.15, -0.1) is 0 Å². The van der Waals surface area contributed by atoms with Crippen molar-refractivity contribution in [1.29, 1.82) is 0 Å². The summed E-state index contributed by atoms with van der Waals surface area (Å²) in [6.07, 6.45) is 1.88. The molecule has 0 aliphatic carbocycles. The zero-order chi connectivity index (χ0) is 11.5. The van der Waals surface area contributed by atoms with Crippen LogP contribution >= 0.6 is 0 Å². The normalized spacial score (nSPS) is 10.8. The second-order valence-electron chi connectivity index (χ2n) is 4.25. The Morgan fingerprint density at radius 1 is 1.06 bits per heavy atom. The third-order valence-corrected chi connectivity index (χ3v) is 2.60. The highest BCUT2D eigenvalue weighted by Crippen LogP contribution is 2.21. The van der Waals surface area contributed by atoms with Crippen LogP contribution in [-0.4, -0.2) is 9.97 Å². The first-order valence-electron chi connectivity index (χ1n) is 5.57. The molecule has 0 N–H and O–H groups in total. The maximum absolute atomic E-state index is 4.59. The van der Waals surface area contributed by atoms with Gasteiger partial charge in [0.15, 0.2) is 0 Å². The molecule has 82 valence electrons. The van der Waals surface area contributed by atoms with Crippen LogP contribution in [0.15, 0.2) is 36.5 Å². The topological polar surface area (TPSA) is 25.8 Å². The molecule has 1 aromatic heterocycles. The lowest BCUT2D eigenvalue weighted by Gasteiger charge is -2.08. The van der Waals surface area contributed by atoms with Crippen molar-refractivity contribution in [1.82, 2.24) is 9.97 Å². The van der Waals surface area contributed by atoms with Crippen molar-refractivity contribution < 1.29 is 0 Å². The van der Waals surface area contributed by atoms with Crippen LogP contribution in [0.2, 0.25) is 0 Å². The molecule has 0 unspecified atom stereocenters. The largest absolute Gasteiger partial charge is 0.254 e. The predicted octanol–water partition coefficient (Wildman–Crippen LogP) is 3.58. The minimum atomic E-state index is 0.427. The van der Waals surface area contributed by atoms with Gasteiger partial charge in [0.1, 0.15) is 0 Å². The molecule has 0 bridgehead atoms. The van der Waals surface area contributed by atoms with Crippen LogP contribution in [0, 0.1) is 6.92 Å². The number of rotatable bonds is 2. The molecule has 1 aromatic carbocycles. The quantitative estimate of drug-likeness (QED) is 0.760. The summed E-state index contributed by atoms with van der Waals surface area (Å²) in [6, 6.07) is 10.2. The van der Waals surface area contributed by atoms with Crippen molar-refractivity contribution in [3.63, 3.8) is 0 Å². The fraction of sp³-hybridized carbons (Fsp3) is 0.286. The lowest BCUT2D eigenvalue weighted by molar-refractivity contribution is 0.804. The molecule has 0 aliphatic heterocycles. The van der Waals surface area contributed by atoms with Crippen LogP contribution in [0.5, 0.6) is 0 Å². The number of hydrogen-bond donors (Lipinski definition) is 0. The Bertz CT molecular complexity index is 475. The molecule has 2 heteroatoms. The number of aryl methyl sites for hydroxylation is 1. The summed E-state index contributed by atoms with van der Waals surface area (Å²) in [4.78, 5) is 9.09. The Hall–Kier alpha value is -1.70. The van der Waals surface area contributed by atoms with Gasteiger partial charge in [-0.3, -0.25) is 9.97 Å². The van der Waals surface area contributed by atoms with Crippen molar-refractivity contribution in [2.24, 2.45) is 0 Å². The molecular weight excluding hydrogens is 196 g/mol. The predicted molar refractivity (Wildman–Crippen MR) is 66.3 cm³/mol. The zero-order valence-electron chi connectivity index (χ0n) is 9.94. The van der Waals surface area contributed by atoms with E-state index in [0.29, 0.717) is 5.92 Å². The number of aromatic nitrogens is 2. The van der Waals surface area contributed by atoms with E-state index in [9.17, 15) is 0 Å². The molecule has 0 spiro atoms. The SMILES string of the molecule is Cc1nc(C(C)C)cnc1-c1ccccc1.